The number of aryl methyl sites for hydroxylation is 1. The minimum absolute atomic E-state index is 0.294. The molecule has 0 spiro atoms. The second kappa shape index (κ2) is 7.26. The summed E-state index contributed by atoms with van der Waals surface area (Å²) in [7, 11) is 3.68. The second-order valence-corrected chi connectivity index (χ2v) is 5.93. The van der Waals surface area contributed by atoms with Crippen LogP contribution in [0.15, 0.2) is 35.1 Å². The highest BCUT2D eigenvalue weighted by atomic mass is 16.5. The molecule has 0 aliphatic heterocycles. The van der Waals surface area contributed by atoms with E-state index in [9.17, 15) is 4.79 Å². The molecule has 0 aliphatic carbocycles. The summed E-state index contributed by atoms with van der Waals surface area (Å²) in [6, 6.07) is 4.95. The van der Waals surface area contributed by atoms with Crippen LogP contribution in [0.25, 0.3) is 11.5 Å². The molecule has 0 saturated carbocycles. The van der Waals surface area contributed by atoms with Crippen LogP contribution >= 0.6 is 0 Å². The van der Waals surface area contributed by atoms with Crippen LogP contribution in [0.4, 0.5) is 5.95 Å². The van der Waals surface area contributed by atoms with Crippen LogP contribution in [0.5, 0.6) is 0 Å². The van der Waals surface area contributed by atoms with Gasteiger partial charge in [-0.3, -0.25) is 9.78 Å². The van der Waals surface area contributed by atoms with E-state index < -0.39 is 6.04 Å². The zero-order valence-corrected chi connectivity index (χ0v) is 15.0. The van der Waals surface area contributed by atoms with Crippen LogP contribution in [0.2, 0.25) is 0 Å². The van der Waals surface area contributed by atoms with Gasteiger partial charge in [0.25, 0.3) is 5.91 Å². The van der Waals surface area contributed by atoms with Gasteiger partial charge in [-0.25, -0.2) is 9.97 Å². The Hall–Kier alpha value is -3.36. The van der Waals surface area contributed by atoms with Crippen molar-refractivity contribution in [1.29, 1.82) is 0 Å². The molecule has 9 nitrogen and oxygen atoms in total. The highest BCUT2D eigenvalue weighted by Gasteiger charge is 2.20. The second-order valence-electron chi connectivity index (χ2n) is 5.93. The number of nitrogens with one attached hydrogen (secondary N) is 1. The zero-order chi connectivity index (χ0) is 18.7. The number of carbonyl (C=O) groups is 1. The summed E-state index contributed by atoms with van der Waals surface area (Å²) >= 11 is 0. The number of anilines is 1. The van der Waals surface area contributed by atoms with Crippen molar-refractivity contribution in [2.45, 2.75) is 19.9 Å². The molecule has 0 bridgehead atoms. The maximum absolute atomic E-state index is 12.5. The summed E-state index contributed by atoms with van der Waals surface area (Å²) in [6.07, 6.45) is 3.16. The molecular weight excluding hydrogens is 334 g/mol. The summed E-state index contributed by atoms with van der Waals surface area (Å²) in [5, 5.41) is 6.72. The number of rotatable bonds is 5. The normalized spacial score (nSPS) is 11.8. The molecule has 1 atom stereocenters. The predicted octanol–water partition coefficient (Wildman–Crippen LogP) is 1.79. The molecule has 0 aromatic carbocycles. The molecule has 3 aromatic rings. The van der Waals surface area contributed by atoms with Crippen molar-refractivity contribution in [3.63, 3.8) is 0 Å². The number of nitrogens with zero attached hydrogens (tertiary/aromatic N) is 6. The molecule has 134 valence electrons. The Balaban J connectivity index is 1.73. The molecule has 0 fully saturated rings. The standard InChI is InChI=1S/C17H19N7O2/c1-10-12(9-19-17(21-10)24(3)4)15(25)20-11(2)16-22-14(23-26-16)13-7-5-6-8-18-13/h5-9,11H,1-4H3,(H,20,25). The summed E-state index contributed by atoms with van der Waals surface area (Å²) in [5.74, 6) is 0.904. The van der Waals surface area contributed by atoms with E-state index in [4.69, 9.17) is 4.52 Å². The van der Waals surface area contributed by atoms with E-state index in [0.29, 0.717) is 34.6 Å². The van der Waals surface area contributed by atoms with Crippen molar-refractivity contribution in [1.82, 2.24) is 30.4 Å². The van der Waals surface area contributed by atoms with E-state index in [1.54, 1.807) is 37.1 Å². The number of amides is 1. The third-order valence-corrected chi connectivity index (χ3v) is 3.66. The molecule has 26 heavy (non-hydrogen) atoms. The molecular formula is C17H19N7O2. The summed E-state index contributed by atoms with van der Waals surface area (Å²) in [6.45, 7) is 3.53. The molecule has 9 heteroatoms. The van der Waals surface area contributed by atoms with Crippen LogP contribution in [-0.4, -0.2) is 45.1 Å². The quantitative estimate of drug-likeness (QED) is 0.739. The first-order valence-corrected chi connectivity index (χ1v) is 8.02. The third-order valence-electron chi connectivity index (χ3n) is 3.66. The van der Waals surface area contributed by atoms with Gasteiger partial charge in [-0.1, -0.05) is 11.2 Å². The maximum atomic E-state index is 12.5. The van der Waals surface area contributed by atoms with E-state index in [0.717, 1.165) is 0 Å². The summed E-state index contributed by atoms with van der Waals surface area (Å²) in [4.78, 5) is 31.2. The first-order chi connectivity index (χ1) is 12.5. The van der Waals surface area contributed by atoms with Gasteiger partial charge in [0.15, 0.2) is 0 Å². The molecule has 0 radical (unpaired) electrons. The minimum atomic E-state index is -0.472. The van der Waals surface area contributed by atoms with Crippen LogP contribution in [0.3, 0.4) is 0 Å². The van der Waals surface area contributed by atoms with E-state index in [-0.39, 0.29) is 5.91 Å². The van der Waals surface area contributed by atoms with Crippen molar-refractivity contribution in [3.8, 4) is 11.5 Å². The number of hydrogen-bond acceptors (Lipinski definition) is 8. The monoisotopic (exact) mass is 353 g/mol. The van der Waals surface area contributed by atoms with Crippen molar-refractivity contribution >= 4 is 11.9 Å². The van der Waals surface area contributed by atoms with Crippen molar-refractivity contribution < 1.29 is 9.32 Å². The van der Waals surface area contributed by atoms with Crippen LogP contribution in [0, 0.1) is 6.92 Å². The first kappa shape index (κ1) is 17.5. The molecule has 3 heterocycles. The number of pyridine rings is 1. The van der Waals surface area contributed by atoms with E-state index in [1.807, 2.05) is 20.2 Å². The largest absolute Gasteiger partial charge is 0.347 e. The molecule has 1 amide bonds. The van der Waals surface area contributed by atoms with E-state index in [2.05, 4.69) is 30.4 Å². The Morgan fingerprint density at radius 3 is 2.69 bits per heavy atom. The Morgan fingerprint density at radius 1 is 1.23 bits per heavy atom. The van der Waals surface area contributed by atoms with Gasteiger partial charge in [0.05, 0.1) is 11.3 Å². The van der Waals surface area contributed by atoms with Gasteiger partial charge in [-0.15, -0.1) is 0 Å². The summed E-state index contributed by atoms with van der Waals surface area (Å²) in [5.41, 5.74) is 1.59. The Kier molecular flexibility index (Phi) is 4.87. The fraction of sp³-hybridized carbons (Fsp3) is 0.294. The van der Waals surface area contributed by atoms with Gasteiger partial charge in [-0.2, -0.15) is 4.98 Å². The number of hydrogen-bond donors (Lipinski definition) is 1. The predicted molar refractivity (Wildman–Crippen MR) is 94.5 cm³/mol. The van der Waals surface area contributed by atoms with Crippen LogP contribution in [-0.2, 0) is 0 Å². The van der Waals surface area contributed by atoms with Crippen molar-refractivity contribution in [3.05, 3.63) is 47.7 Å². The van der Waals surface area contributed by atoms with Crippen LogP contribution < -0.4 is 10.2 Å². The number of aromatic nitrogens is 5. The maximum Gasteiger partial charge on any atom is 0.255 e. The van der Waals surface area contributed by atoms with E-state index >= 15 is 0 Å². The lowest BCUT2D eigenvalue weighted by molar-refractivity contribution is 0.0931. The lowest BCUT2D eigenvalue weighted by Gasteiger charge is -2.13. The van der Waals surface area contributed by atoms with Gasteiger partial charge in [0.1, 0.15) is 11.7 Å². The molecule has 1 N–H and O–H groups in total. The SMILES string of the molecule is Cc1nc(N(C)C)ncc1C(=O)NC(C)c1nc(-c2ccccn2)no1. The van der Waals surface area contributed by atoms with E-state index in [1.165, 1.54) is 6.20 Å². The molecule has 0 saturated heterocycles. The van der Waals surface area contributed by atoms with Gasteiger partial charge >= 0.3 is 0 Å². The zero-order valence-electron chi connectivity index (χ0n) is 15.0. The molecule has 3 aromatic heterocycles. The van der Waals surface area contributed by atoms with Gasteiger partial charge < -0.3 is 14.7 Å². The first-order valence-electron chi connectivity index (χ1n) is 8.02. The lowest BCUT2D eigenvalue weighted by Crippen LogP contribution is -2.28. The highest BCUT2D eigenvalue weighted by Crippen LogP contribution is 2.17. The Bertz CT molecular complexity index is 908. The Labute approximate surface area is 150 Å². The smallest absolute Gasteiger partial charge is 0.255 e. The number of carbonyl (C=O) groups excluding carboxylic acids is 1. The fourth-order valence-corrected chi connectivity index (χ4v) is 2.24. The average molecular weight is 353 g/mol. The molecule has 0 aliphatic rings. The van der Waals surface area contributed by atoms with Crippen molar-refractivity contribution in [2.75, 3.05) is 19.0 Å². The highest BCUT2D eigenvalue weighted by molar-refractivity contribution is 5.95. The van der Waals surface area contributed by atoms with Crippen LogP contribution in [0.1, 0.15) is 34.9 Å². The van der Waals surface area contributed by atoms with Crippen molar-refractivity contribution in [2.24, 2.45) is 0 Å². The fourth-order valence-electron chi connectivity index (χ4n) is 2.24. The molecule has 3 rings (SSSR count). The lowest BCUT2D eigenvalue weighted by atomic mass is 10.2. The van der Waals surface area contributed by atoms with Gasteiger partial charge in [0.2, 0.25) is 17.7 Å². The molecule has 1 unspecified atom stereocenters. The topological polar surface area (TPSA) is 110 Å². The summed E-state index contributed by atoms with van der Waals surface area (Å²) < 4.78 is 5.24. The van der Waals surface area contributed by atoms with Gasteiger partial charge in [-0.05, 0) is 26.0 Å². The van der Waals surface area contributed by atoms with Gasteiger partial charge in [0, 0.05) is 26.5 Å². The Morgan fingerprint density at radius 2 is 2.04 bits per heavy atom. The third kappa shape index (κ3) is 3.66. The minimum Gasteiger partial charge on any atom is -0.347 e. The average Bonchev–Trinajstić information content (AvgIpc) is 3.12.